The molecule has 0 aromatic carbocycles. The van der Waals surface area contributed by atoms with Crippen LogP contribution in [0.25, 0.3) is 0 Å². The minimum Gasteiger partial charge on any atom is -0.369 e. The minimum atomic E-state index is 0.656. The number of aryl methyl sites for hydroxylation is 1. The summed E-state index contributed by atoms with van der Waals surface area (Å²) in [6.45, 7) is 9.76. The average molecular weight is 360 g/mol. The zero-order valence-corrected chi connectivity index (χ0v) is 15.4. The van der Waals surface area contributed by atoms with Gasteiger partial charge in [-0.3, -0.25) is 0 Å². The summed E-state index contributed by atoms with van der Waals surface area (Å²) in [6.07, 6.45) is 4.37. The first kappa shape index (κ1) is 17.8. The van der Waals surface area contributed by atoms with Crippen molar-refractivity contribution in [2.75, 3.05) is 11.9 Å². The molecule has 114 valence electrons. The number of aromatic nitrogens is 2. The normalized spacial score (nSPS) is 12.4. The molecule has 20 heavy (non-hydrogen) atoms. The predicted molar refractivity (Wildman–Crippen MR) is 93.6 cm³/mol. The molecule has 1 N–H and O–H groups in total. The lowest BCUT2D eigenvalue weighted by Crippen LogP contribution is -2.09. The quantitative estimate of drug-likeness (QED) is 0.669. The zero-order chi connectivity index (χ0) is 15.0. The third kappa shape index (κ3) is 5.60. The number of hydrogen-bond acceptors (Lipinski definition) is 4. The molecule has 0 amide bonds. The van der Waals surface area contributed by atoms with E-state index in [-0.39, 0.29) is 0 Å². The molecular formula is C15H26BrN3S. The molecule has 0 saturated carbocycles. The van der Waals surface area contributed by atoms with Crippen LogP contribution in [0.2, 0.25) is 0 Å². The number of nitrogens with one attached hydrogen (secondary N) is 1. The molecule has 0 aliphatic carbocycles. The standard InChI is InChI=1S/C15H26BrN3S/c1-5-8-12-14(16)15(17-9-6-2)19-13(18-12)10-20-11(4)7-3/h11H,5-10H2,1-4H3,(H,17,18,19). The first-order valence-electron chi connectivity index (χ1n) is 7.53. The van der Waals surface area contributed by atoms with E-state index in [4.69, 9.17) is 4.98 Å². The van der Waals surface area contributed by atoms with Crippen LogP contribution >= 0.6 is 27.7 Å². The summed E-state index contributed by atoms with van der Waals surface area (Å²) in [5.74, 6) is 2.78. The van der Waals surface area contributed by atoms with E-state index in [0.29, 0.717) is 5.25 Å². The number of rotatable bonds is 9. The lowest BCUT2D eigenvalue weighted by Gasteiger charge is -2.13. The summed E-state index contributed by atoms with van der Waals surface area (Å²) >= 11 is 5.57. The Kier molecular flexibility index (Phi) is 8.53. The van der Waals surface area contributed by atoms with Crippen molar-refractivity contribution in [3.63, 3.8) is 0 Å². The van der Waals surface area contributed by atoms with E-state index in [1.54, 1.807) is 0 Å². The third-order valence-electron chi connectivity index (χ3n) is 3.07. The fourth-order valence-corrected chi connectivity index (χ4v) is 3.02. The van der Waals surface area contributed by atoms with Gasteiger partial charge in [-0.05, 0) is 35.2 Å². The maximum Gasteiger partial charge on any atom is 0.144 e. The molecule has 0 fully saturated rings. The van der Waals surface area contributed by atoms with Crippen LogP contribution in [0.4, 0.5) is 5.82 Å². The van der Waals surface area contributed by atoms with Gasteiger partial charge in [-0.1, -0.05) is 34.1 Å². The van der Waals surface area contributed by atoms with Crippen molar-refractivity contribution >= 4 is 33.5 Å². The first-order chi connectivity index (χ1) is 9.62. The molecule has 0 bridgehead atoms. The largest absolute Gasteiger partial charge is 0.369 e. The highest BCUT2D eigenvalue weighted by Crippen LogP contribution is 2.27. The topological polar surface area (TPSA) is 37.8 Å². The van der Waals surface area contributed by atoms with E-state index >= 15 is 0 Å². The Bertz CT molecular complexity index is 412. The second kappa shape index (κ2) is 9.61. The summed E-state index contributed by atoms with van der Waals surface area (Å²) in [4.78, 5) is 9.39. The Morgan fingerprint density at radius 1 is 1.20 bits per heavy atom. The van der Waals surface area contributed by atoms with Crippen LogP contribution in [-0.4, -0.2) is 21.8 Å². The number of hydrogen-bond donors (Lipinski definition) is 1. The van der Waals surface area contributed by atoms with Crippen LogP contribution in [0.3, 0.4) is 0 Å². The highest BCUT2D eigenvalue weighted by molar-refractivity contribution is 9.10. The monoisotopic (exact) mass is 359 g/mol. The van der Waals surface area contributed by atoms with Gasteiger partial charge in [0, 0.05) is 11.8 Å². The van der Waals surface area contributed by atoms with Crippen LogP contribution in [0, 0.1) is 0 Å². The molecular weight excluding hydrogens is 334 g/mol. The first-order valence-corrected chi connectivity index (χ1v) is 9.37. The Balaban J connectivity index is 2.89. The Hall–Kier alpha value is -0.290. The van der Waals surface area contributed by atoms with Crippen molar-refractivity contribution in [2.45, 2.75) is 64.4 Å². The molecule has 0 aliphatic heterocycles. The highest BCUT2D eigenvalue weighted by atomic mass is 79.9. The predicted octanol–water partition coefficient (Wildman–Crippen LogP) is 5.05. The van der Waals surface area contributed by atoms with Crippen LogP contribution in [-0.2, 0) is 12.2 Å². The molecule has 0 spiro atoms. The van der Waals surface area contributed by atoms with Gasteiger partial charge in [0.1, 0.15) is 11.6 Å². The second-order valence-corrected chi connectivity index (χ2v) is 7.18. The number of nitrogens with zero attached hydrogens (tertiary/aromatic N) is 2. The summed E-state index contributed by atoms with van der Waals surface area (Å²) in [6, 6.07) is 0. The van der Waals surface area contributed by atoms with Crippen LogP contribution in [0.1, 0.15) is 58.5 Å². The van der Waals surface area contributed by atoms with E-state index in [2.05, 4.69) is 53.9 Å². The molecule has 5 heteroatoms. The highest BCUT2D eigenvalue weighted by Gasteiger charge is 2.12. The van der Waals surface area contributed by atoms with Gasteiger partial charge in [-0.2, -0.15) is 11.8 Å². The molecule has 1 unspecified atom stereocenters. The van der Waals surface area contributed by atoms with Gasteiger partial charge in [0.25, 0.3) is 0 Å². The van der Waals surface area contributed by atoms with Gasteiger partial charge in [0.15, 0.2) is 0 Å². The molecule has 0 aliphatic rings. The number of anilines is 1. The van der Waals surface area contributed by atoms with Crippen molar-refractivity contribution in [2.24, 2.45) is 0 Å². The van der Waals surface area contributed by atoms with Crippen molar-refractivity contribution in [1.82, 2.24) is 9.97 Å². The summed E-state index contributed by atoms with van der Waals surface area (Å²) < 4.78 is 1.03. The van der Waals surface area contributed by atoms with Gasteiger partial charge in [-0.25, -0.2) is 9.97 Å². The van der Waals surface area contributed by atoms with E-state index < -0.39 is 0 Å². The van der Waals surface area contributed by atoms with E-state index in [9.17, 15) is 0 Å². The lowest BCUT2D eigenvalue weighted by atomic mass is 10.2. The van der Waals surface area contributed by atoms with E-state index in [1.807, 2.05) is 11.8 Å². The summed E-state index contributed by atoms with van der Waals surface area (Å²) in [5.41, 5.74) is 1.13. The molecule has 3 nitrogen and oxygen atoms in total. The van der Waals surface area contributed by atoms with Crippen LogP contribution < -0.4 is 5.32 Å². The van der Waals surface area contributed by atoms with Gasteiger partial charge in [0.05, 0.1) is 15.9 Å². The Morgan fingerprint density at radius 3 is 2.55 bits per heavy atom. The molecule has 1 rings (SSSR count). The van der Waals surface area contributed by atoms with Gasteiger partial charge >= 0.3 is 0 Å². The molecule has 0 radical (unpaired) electrons. The van der Waals surface area contributed by atoms with E-state index in [0.717, 1.165) is 53.4 Å². The van der Waals surface area contributed by atoms with Crippen LogP contribution in [0.5, 0.6) is 0 Å². The zero-order valence-electron chi connectivity index (χ0n) is 13.0. The second-order valence-electron chi connectivity index (χ2n) is 4.96. The summed E-state index contributed by atoms with van der Waals surface area (Å²) in [5, 5.41) is 4.05. The lowest BCUT2D eigenvalue weighted by molar-refractivity contribution is 0.840. The third-order valence-corrected chi connectivity index (χ3v) is 5.23. The van der Waals surface area contributed by atoms with Crippen molar-refractivity contribution in [1.29, 1.82) is 0 Å². The molecule has 1 heterocycles. The minimum absolute atomic E-state index is 0.656. The SMILES string of the molecule is CCCNc1nc(CSC(C)CC)nc(CCC)c1Br. The van der Waals surface area contributed by atoms with Crippen molar-refractivity contribution < 1.29 is 0 Å². The fraction of sp³-hybridized carbons (Fsp3) is 0.733. The Morgan fingerprint density at radius 2 is 1.95 bits per heavy atom. The fourth-order valence-electron chi connectivity index (χ4n) is 1.71. The van der Waals surface area contributed by atoms with Crippen molar-refractivity contribution in [3.05, 3.63) is 16.0 Å². The molecule has 0 saturated heterocycles. The maximum atomic E-state index is 4.72. The molecule has 1 atom stereocenters. The van der Waals surface area contributed by atoms with Gasteiger partial charge in [-0.15, -0.1) is 0 Å². The van der Waals surface area contributed by atoms with Crippen LogP contribution in [0.15, 0.2) is 4.47 Å². The Labute approximate surface area is 135 Å². The van der Waals surface area contributed by atoms with Gasteiger partial charge < -0.3 is 5.32 Å². The number of thioether (sulfide) groups is 1. The summed E-state index contributed by atoms with van der Waals surface area (Å²) in [7, 11) is 0. The van der Waals surface area contributed by atoms with Gasteiger partial charge in [0.2, 0.25) is 0 Å². The molecule has 1 aromatic heterocycles. The molecule has 1 aromatic rings. The van der Waals surface area contributed by atoms with E-state index in [1.165, 1.54) is 6.42 Å². The smallest absolute Gasteiger partial charge is 0.144 e. The number of halogens is 1. The van der Waals surface area contributed by atoms with Crippen molar-refractivity contribution in [3.8, 4) is 0 Å². The maximum absolute atomic E-state index is 4.72. The average Bonchev–Trinajstić information content (AvgIpc) is 2.46.